The Bertz CT molecular complexity index is 1380. The topological polar surface area (TPSA) is 63.4 Å². The highest BCUT2D eigenvalue weighted by molar-refractivity contribution is 7.98. The minimum atomic E-state index is -0.725. The van der Waals surface area contributed by atoms with Gasteiger partial charge in [-0.15, -0.1) is 11.8 Å². The number of fused-ring (bicyclic) bond motifs is 2. The molecule has 4 aromatic rings. The molecule has 0 radical (unpaired) electrons. The molecule has 0 aliphatic carbocycles. The van der Waals surface area contributed by atoms with Gasteiger partial charge in [0.1, 0.15) is 17.2 Å². The van der Waals surface area contributed by atoms with Gasteiger partial charge in [0.25, 0.3) is 5.91 Å². The Balaban J connectivity index is 1.79. The number of carbonyl (C=O) groups is 1. The van der Waals surface area contributed by atoms with Crippen molar-refractivity contribution in [1.29, 1.82) is 0 Å². The van der Waals surface area contributed by atoms with E-state index in [4.69, 9.17) is 4.42 Å². The molecule has 0 bridgehead atoms. The fourth-order valence-corrected chi connectivity index (χ4v) is 4.29. The molecule has 0 spiro atoms. The second-order valence-electron chi connectivity index (χ2n) is 7.36. The molecule has 0 saturated heterocycles. The maximum absolute atomic E-state index is 13.9. The van der Waals surface area contributed by atoms with E-state index >= 15 is 0 Å². The number of amides is 1. The maximum Gasteiger partial charge on any atom is 0.296 e. The average molecular weight is 432 g/mol. The van der Waals surface area contributed by atoms with Crippen molar-refractivity contribution in [3.05, 3.63) is 99.3 Å². The van der Waals surface area contributed by atoms with Crippen molar-refractivity contribution in [2.45, 2.75) is 17.9 Å². The summed E-state index contributed by atoms with van der Waals surface area (Å²) in [6.45, 7) is 1.91. The average Bonchev–Trinajstić information content (AvgIpc) is 3.07. The second-order valence-corrected chi connectivity index (χ2v) is 8.24. The zero-order valence-electron chi connectivity index (χ0n) is 16.8. The molecule has 5 nitrogen and oxygen atoms in total. The van der Waals surface area contributed by atoms with Gasteiger partial charge in [-0.3, -0.25) is 14.5 Å². The minimum absolute atomic E-state index is 0.0366. The number of hydrogen-bond acceptors (Lipinski definition) is 5. The Labute approximate surface area is 181 Å². The molecule has 2 aromatic heterocycles. The van der Waals surface area contributed by atoms with Crippen LogP contribution in [-0.4, -0.2) is 17.1 Å². The predicted octanol–water partition coefficient (Wildman–Crippen LogP) is 5.11. The summed E-state index contributed by atoms with van der Waals surface area (Å²) >= 11 is 1.60. The molecule has 1 aliphatic rings. The number of halogens is 1. The Kier molecular flexibility index (Phi) is 4.63. The summed E-state index contributed by atoms with van der Waals surface area (Å²) in [5, 5.41) is 0.107. The largest absolute Gasteiger partial charge is 0.450 e. The molecule has 7 heteroatoms. The Hall–Kier alpha value is -3.45. The van der Waals surface area contributed by atoms with Crippen LogP contribution in [0.2, 0.25) is 0 Å². The normalized spacial score (nSPS) is 15.5. The summed E-state index contributed by atoms with van der Waals surface area (Å²) in [5.74, 6) is -0.614. The number of benzene rings is 2. The van der Waals surface area contributed by atoms with Crippen LogP contribution in [0.3, 0.4) is 0 Å². The van der Waals surface area contributed by atoms with Crippen LogP contribution in [0.5, 0.6) is 0 Å². The van der Waals surface area contributed by atoms with Crippen molar-refractivity contribution in [3.8, 4) is 0 Å². The lowest BCUT2D eigenvalue weighted by Crippen LogP contribution is -2.30. The lowest BCUT2D eigenvalue weighted by atomic mass is 9.98. The molecule has 0 saturated carbocycles. The number of hydrogen-bond donors (Lipinski definition) is 0. The lowest BCUT2D eigenvalue weighted by molar-refractivity contribution is 0.0970. The fraction of sp³-hybridized carbons (Fsp3) is 0.125. The van der Waals surface area contributed by atoms with E-state index in [1.165, 1.54) is 17.0 Å². The molecule has 1 amide bonds. The van der Waals surface area contributed by atoms with Crippen molar-refractivity contribution < 1.29 is 13.6 Å². The predicted molar refractivity (Wildman–Crippen MR) is 118 cm³/mol. The van der Waals surface area contributed by atoms with E-state index in [2.05, 4.69) is 4.98 Å². The number of rotatable bonds is 3. The Morgan fingerprint density at radius 2 is 1.84 bits per heavy atom. The highest BCUT2D eigenvalue weighted by Gasteiger charge is 2.44. The molecule has 31 heavy (non-hydrogen) atoms. The molecule has 5 rings (SSSR count). The van der Waals surface area contributed by atoms with E-state index in [0.717, 1.165) is 22.1 Å². The zero-order chi connectivity index (χ0) is 21.7. The number of thioether (sulfide) groups is 1. The van der Waals surface area contributed by atoms with Crippen molar-refractivity contribution in [2.75, 3.05) is 11.2 Å². The quantitative estimate of drug-likeness (QED) is 0.421. The van der Waals surface area contributed by atoms with Crippen molar-refractivity contribution in [3.63, 3.8) is 0 Å². The number of anilines is 1. The van der Waals surface area contributed by atoms with Gasteiger partial charge in [-0.2, -0.15) is 0 Å². The van der Waals surface area contributed by atoms with Crippen LogP contribution in [0.1, 0.15) is 33.3 Å². The first-order valence-electron chi connectivity index (χ1n) is 9.64. The van der Waals surface area contributed by atoms with Gasteiger partial charge in [-0.05, 0) is 60.7 Å². The summed E-state index contributed by atoms with van der Waals surface area (Å²) in [5.41, 5.74) is 1.65. The first-order valence-corrected chi connectivity index (χ1v) is 10.9. The molecule has 1 atom stereocenters. The van der Waals surface area contributed by atoms with Crippen LogP contribution < -0.4 is 10.3 Å². The van der Waals surface area contributed by atoms with Crippen LogP contribution in [0.4, 0.5) is 10.2 Å². The SMILES string of the molecule is CSc1ccc([C@@H]2c3c(oc4ccc(F)cc4c3=O)C(=O)N2c2ccc(C)cn2)cc1. The molecule has 3 heterocycles. The van der Waals surface area contributed by atoms with E-state index in [9.17, 15) is 14.0 Å². The summed E-state index contributed by atoms with van der Waals surface area (Å²) < 4.78 is 19.7. The molecular formula is C24H17FN2O3S. The molecule has 0 unspecified atom stereocenters. The van der Waals surface area contributed by atoms with Crippen molar-refractivity contribution in [1.82, 2.24) is 4.98 Å². The third-order valence-electron chi connectivity index (χ3n) is 5.41. The molecule has 1 aliphatic heterocycles. The fourth-order valence-electron chi connectivity index (χ4n) is 3.89. The van der Waals surface area contributed by atoms with Gasteiger partial charge < -0.3 is 4.42 Å². The summed E-state index contributed by atoms with van der Waals surface area (Å²) in [7, 11) is 0. The Morgan fingerprint density at radius 1 is 1.06 bits per heavy atom. The first kappa shape index (κ1) is 19.5. The van der Waals surface area contributed by atoms with Crippen LogP contribution in [0, 0.1) is 12.7 Å². The van der Waals surface area contributed by atoms with Gasteiger partial charge in [-0.25, -0.2) is 9.37 Å². The van der Waals surface area contributed by atoms with Crippen LogP contribution in [-0.2, 0) is 0 Å². The maximum atomic E-state index is 13.9. The lowest BCUT2D eigenvalue weighted by Gasteiger charge is -2.24. The van der Waals surface area contributed by atoms with Gasteiger partial charge in [0.2, 0.25) is 5.76 Å². The van der Waals surface area contributed by atoms with Gasteiger partial charge >= 0.3 is 0 Å². The molecule has 2 aromatic carbocycles. The number of carbonyl (C=O) groups excluding carboxylic acids is 1. The zero-order valence-corrected chi connectivity index (χ0v) is 17.6. The minimum Gasteiger partial charge on any atom is -0.450 e. The second kappa shape index (κ2) is 7.35. The van der Waals surface area contributed by atoms with Crippen LogP contribution >= 0.6 is 11.8 Å². The number of pyridine rings is 1. The monoisotopic (exact) mass is 432 g/mol. The van der Waals surface area contributed by atoms with E-state index in [-0.39, 0.29) is 22.3 Å². The van der Waals surface area contributed by atoms with Gasteiger partial charge in [0.05, 0.1) is 17.0 Å². The van der Waals surface area contributed by atoms with E-state index < -0.39 is 23.2 Å². The number of aromatic nitrogens is 1. The van der Waals surface area contributed by atoms with Gasteiger partial charge in [0.15, 0.2) is 5.43 Å². The summed E-state index contributed by atoms with van der Waals surface area (Å²) in [6.07, 6.45) is 3.64. The van der Waals surface area contributed by atoms with Crippen molar-refractivity contribution >= 4 is 34.5 Å². The molecule has 154 valence electrons. The number of aryl methyl sites for hydroxylation is 1. The van der Waals surface area contributed by atoms with E-state index in [1.54, 1.807) is 24.0 Å². The van der Waals surface area contributed by atoms with Crippen molar-refractivity contribution in [2.24, 2.45) is 0 Å². The van der Waals surface area contributed by atoms with E-state index in [1.807, 2.05) is 43.5 Å². The standard InChI is InChI=1S/C24H17FN2O3S/c1-13-3-10-19(26-12-13)27-21(14-4-7-16(31-2)8-5-14)20-22(28)17-11-15(25)6-9-18(17)30-23(20)24(27)29/h3-12,21H,1-2H3/t21-/m1/s1. The highest BCUT2D eigenvalue weighted by atomic mass is 32.2. The van der Waals surface area contributed by atoms with Gasteiger partial charge in [0, 0.05) is 11.1 Å². The smallest absolute Gasteiger partial charge is 0.296 e. The number of nitrogens with zero attached hydrogens (tertiary/aromatic N) is 2. The summed E-state index contributed by atoms with van der Waals surface area (Å²) in [4.78, 5) is 33.8. The summed E-state index contributed by atoms with van der Waals surface area (Å²) in [6, 6.07) is 14.2. The van der Waals surface area contributed by atoms with Crippen LogP contribution in [0.25, 0.3) is 11.0 Å². The van der Waals surface area contributed by atoms with Crippen LogP contribution in [0.15, 0.2) is 74.9 Å². The molecule has 0 fully saturated rings. The molecular weight excluding hydrogens is 415 g/mol. The van der Waals surface area contributed by atoms with E-state index in [0.29, 0.717) is 5.82 Å². The first-order chi connectivity index (χ1) is 15.0. The third-order valence-corrected chi connectivity index (χ3v) is 6.15. The Morgan fingerprint density at radius 3 is 2.52 bits per heavy atom. The third kappa shape index (κ3) is 3.13. The molecule has 0 N–H and O–H groups in total. The highest BCUT2D eigenvalue weighted by Crippen LogP contribution is 2.40. The van der Waals surface area contributed by atoms with Gasteiger partial charge in [-0.1, -0.05) is 18.2 Å².